The lowest BCUT2D eigenvalue weighted by molar-refractivity contribution is -0.137. The zero-order chi connectivity index (χ0) is 15.1. The number of carbonyl (C=O) groups is 1. The highest BCUT2D eigenvalue weighted by Crippen LogP contribution is 2.18. The van der Waals surface area contributed by atoms with Crippen molar-refractivity contribution in [3.8, 4) is 0 Å². The van der Waals surface area contributed by atoms with Gasteiger partial charge in [-0.2, -0.15) is 0 Å². The molecule has 21 heavy (non-hydrogen) atoms. The number of hydrogen-bond acceptors (Lipinski definition) is 2. The average molecular weight is 283 g/mol. The van der Waals surface area contributed by atoms with Gasteiger partial charge in [0, 0.05) is 12.5 Å². The first-order valence-electron chi connectivity index (χ1n) is 7.25. The minimum atomic E-state index is -0.764. The van der Waals surface area contributed by atoms with Gasteiger partial charge in [0.15, 0.2) is 0 Å². The highest BCUT2D eigenvalue weighted by Gasteiger charge is 2.07. The highest BCUT2D eigenvalue weighted by atomic mass is 16.4. The first kappa shape index (κ1) is 15.3. The van der Waals surface area contributed by atoms with Crippen LogP contribution in [0.5, 0.6) is 0 Å². The fourth-order valence-electron chi connectivity index (χ4n) is 2.35. The van der Waals surface area contributed by atoms with E-state index in [1.165, 1.54) is 11.1 Å². The Hall–Kier alpha value is -2.13. The normalized spacial score (nSPS) is 12.0. The van der Waals surface area contributed by atoms with Crippen LogP contribution in [-0.2, 0) is 11.2 Å². The first-order chi connectivity index (χ1) is 10.1. The van der Waals surface area contributed by atoms with Gasteiger partial charge < -0.3 is 10.8 Å². The summed E-state index contributed by atoms with van der Waals surface area (Å²) in [6.45, 7) is 0. The number of carboxylic acid groups (broad SMARTS) is 1. The van der Waals surface area contributed by atoms with E-state index in [9.17, 15) is 4.79 Å². The quantitative estimate of drug-likeness (QED) is 0.817. The molecule has 110 valence electrons. The molecule has 0 bridgehead atoms. The van der Waals surface area contributed by atoms with Crippen LogP contribution >= 0.6 is 0 Å². The van der Waals surface area contributed by atoms with Crippen molar-refractivity contribution >= 4 is 5.97 Å². The molecule has 3 nitrogen and oxygen atoms in total. The Morgan fingerprint density at radius 2 is 1.62 bits per heavy atom. The minimum absolute atomic E-state index is 0.0878. The molecule has 3 heteroatoms. The topological polar surface area (TPSA) is 63.3 Å². The summed E-state index contributed by atoms with van der Waals surface area (Å²) in [7, 11) is 0. The summed E-state index contributed by atoms with van der Waals surface area (Å²) in [6, 6.07) is 18.5. The third-order valence-corrected chi connectivity index (χ3v) is 3.56. The summed E-state index contributed by atoms with van der Waals surface area (Å²) in [6.07, 6.45) is 2.40. The van der Waals surface area contributed by atoms with Gasteiger partial charge in [0.1, 0.15) is 0 Å². The summed E-state index contributed by atoms with van der Waals surface area (Å²) in [5, 5.41) is 8.63. The number of nitrogens with two attached hydrogens (primary N) is 1. The number of benzene rings is 2. The fraction of sp³-hybridized carbons (Fsp3) is 0.278. The van der Waals surface area contributed by atoms with E-state index in [4.69, 9.17) is 10.8 Å². The van der Waals surface area contributed by atoms with Crippen molar-refractivity contribution in [3.63, 3.8) is 0 Å². The van der Waals surface area contributed by atoms with Gasteiger partial charge in [0.05, 0.1) is 0 Å². The van der Waals surface area contributed by atoms with Crippen molar-refractivity contribution in [2.75, 3.05) is 0 Å². The van der Waals surface area contributed by atoms with Crippen LogP contribution in [0.3, 0.4) is 0 Å². The molecule has 0 heterocycles. The second-order valence-electron chi connectivity index (χ2n) is 5.30. The Morgan fingerprint density at radius 3 is 2.24 bits per heavy atom. The van der Waals surface area contributed by atoms with Crippen LogP contribution in [0.25, 0.3) is 0 Å². The molecule has 0 saturated carbocycles. The Balaban J connectivity index is 1.90. The summed E-state index contributed by atoms with van der Waals surface area (Å²) in [5.41, 5.74) is 9.70. The van der Waals surface area contributed by atoms with E-state index in [1.54, 1.807) is 0 Å². The molecule has 0 saturated heterocycles. The van der Waals surface area contributed by atoms with Crippen LogP contribution in [0, 0.1) is 0 Å². The van der Waals surface area contributed by atoms with E-state index in [0.717, 1.165) is 12.0 Å². The molecular weight excluding hydrogens is 262 g/mol. The third kappa shape index (κ3) is 5.04. The lowest BCUT2D eigenvalue weighted by Gasteiger charge is -2.12. The van der Waals surface area contributed by atoms with Gasteiger partial charge in [-0.25, -0.2) is 0 Å². The number of hydrogen-bond donors (Lipinski definition) is 2. The van der Waals surface area contributed by atoms with Crippen molar-refractivity contribution in [1.29, 1.82) is 0 Å². The maximum atomic E-state index is 10.5. The van der Waals surface area contributed by atoms with Crippen molar-refractivity contribution in [2.45, 2.75) is 31.7 Å². The van der Waals surface area contributed by atoms with E-state index in [1.807, 2.05) is 30.3 Å². The second kappa shape index (κ2) is 7.60. The highest BCUT2D eigenvalue weighted by molar-refractivity contribution is 5.66. The molecular formula is C18H21NO2. The molecule has 3 N–H and O–H groups in total. The largest absolute Gasteiger partial charge is 0.481 e. The summed E-state index contributed by atoms with van der Waals surface area (Å²) >= 11 is 0. The predicted octanol–water partition coefficient (Wildman–Crippen LogP) is 3.53. The molecule has 1 unspecified atom stereocenters. The molecule has 0 amide bonds. The van der Waals surface area contributed by atoms with E-state index >= 15 is 0 Å². The van der Waals surface area contributed by atoms with E-state index < -0.39 is 5.97 Å². The molecule has 0 fully saturated rings. The monoisotopic (exact) mass is 283 g/mol. The minimum Gasteiger partial charge on any atom is -0.481 e. The van der Waals surface area contributed by atoms with Gasteiger partial charge in [0.25, 0.3) is 0 Å². The fourth-order valence-corrected chi connectivity index (χ4v) is 2.35. The Morgan fingerprint density at radius 1 is 1.00 bits per heavy atom. The van der Waals surface area contributed by atoms with Gasteiger partial charge in [-0.3, -0.25) is 4.79 Å². The smallest absolute Gasteiger partial charge is 0.303 e. The number of carboxylic acids is 1. The van der Waals surface area contributed by atoms with Crippen LogP contribution in [-0.4, -0.2) is 11.1 Å². The first-order valence-corrected chi connectivity index (χ1v) is 7.25. The van der Waals surface area contributed by atoms with Crippen molar-refractivity contribution in [3.05, 3.63) is 71.3 Å². The summed E-state index contributed by atoms with van der Waals surface area (Å²) in [5.74, 6) is -0.764. The zero-order valence-electron chi connectivity index (χ0n) is 12.0. The van der Waals surface area contributed by atoms with Crippen LogP contribution in [0.4, 0.5) is 0 Å². The van der Waals surface area contributed by atoms with Gasteiger partial charge in [-0.05, 0) is 36.0 Å². The average Bonchev–Trinajstić information content (AvgIpc) is 2.48. The zero-order valence-corrected chi connectivity index (χ0v) is 12.0. The van der Waals surface area contributed by atoms with Crippen molar-refractivity contribution in [1.82, 2.24) is 0 Å². The molecule has 0 radical (unpaired) electrons. The second-order valence-corrected chi connectivity index (χ2v) is 5.30. The van der Waals surface area contributed by atoms with E-state index in [0.29, 0.717) is 12.8 Å². The summed E-state index contributed by atoms with van der Waals surface area (Å²) < 4.78 is 0. The Kier molecular flexibility index (Phi) is 5.52. The van der Waals surface area contributed by atoms with Crippen LogP contribution in [0.1, 0.15) is 42.0 Å². The molecule has 1 atom stereocenters. The molecule has 2 aromatic carbocycles. The molecule has 2 rings (SSSR count). The van der Waals surface area contributed by atoms with E-state index in [-0.39, 0.29) is 12.5 Å². The lowest BCUT2D eigenvalue weighted by Crippen LogP contribution is -2.11. The molecule has 0 spiro atoms. The lowest BCUT2D eigenvalue weighted by atomic mass is 9.98. The molecule has 0 aliphatic heterocycles. The maximum absolute atomic E-state index is 10.5. The Labute approximate surface area is 125 Å². The van der Waals surface area contributed by atoms with Crippen LogP contribution in [0.2, 0.25) is 0 Å². The van der Waals surface area contributed by atoms with Gasteiger partial charge in [0.2, 0.25) is 0 Å². The van der Waals surface area contributed by atoms with Crippen molar-refractivity contribution < 1.29 is 9.90 Å². The van der Waals surface area contributed by atoms with Crippen LogP contribution < -0.4 is 5.73 Å². The van der Waals surface area contributed by atoms with Gasteiger partial charge in [-0.1, -0.05) is 54.6 Å². The standard InChI is InChI=1S/C18H21NO2/c19-17(7-4-8-18(20)21)16-11-9-15(10-12-16)13-14-5-2-1-3-6-14/h1-3,5-6,9-12,17H,4,7-8,13,19H2,(H,20,21). The SMILES string of the molecule is NC(CCCC(=O)O)c1ccc(Cc2ccccc2)cc1. The molecule has 0 aromatic heterocycles. The maximum Gasteiger partial charge on any atom is 0.303 e. The molecule has 0 aliphatic rings. The van der Waals surface area contributed by atoms with Gasteiger partial charge >= 0.3 is 5.97 Å². The number of aliphatic carboxylic acids is 1. The molecule has 2 aromatic rings. The third-order valence-electron chi connectivity index (χ3n) is 3.56. The summed E-state index contributed by atoms with van der Waals surface area (Å²) in [4.78, 5) is 10.5. The van der Waals surface area contributed by atoms with E-state index in [2.05, 4.69) is 24.3 Å². The number of rotatable bonds is 7. The van der Waals surface area contributed by atoms with Gasteiger partial charge in [-0.15, -0.1) is 0 Å². The predicted molar refractivity (Wildman–Crippen MR) is 84.1 cm³/mol. The van der Waals surface area contributed by atoms with Crippen LogP contribution in [0.15, 0.2) is 54.6 Å². The van der Waals surface area contributed by atoms with Crippen molar-refractivity contribution in [2.24, 2.45) is 5.73 Å². The molecule has 0 aliphatic carbocycles. The Bertz CT molecular complexity index is 564.